The van der Waals surface area contributed by atoms with Crippen molar-refractivity contribution in [2.45, 2.75) is 32.7 Å². The summed E-state index contributed by atoms with van der Waals surface area (Å²) < 4.78 is 0. The van der Waals surface area contributed by atoms with Gasteiger partial charge in [0.2, 0.25) is 0 Å². The Hall–Kier alpha value is -1.36. The van der Waals surface area contributed by atoms with Crippen LogP contribution < -0.4 is 15.8 Å². The van der Waals surface area contributed by atoms with Crippen molar-refractivity contribution in [1.82, 2.24) is 15.3 Å². The quantitative estimate of drug-likeness (QED) is 0.786. The zero-order chi connectivity index (χ0) is 12.5. The minimum atomic E-state index is -0.0683. The Bertz CT molecular complexity index is 452. The molecule has 0 aliphatic carbocycles. The first-order chi connectivity index (χ1) is 8.03. The highest BCUT2D eigenvalue weighted by molar-refractivity contribution is 5.42. The molecule has 0 bridgehead atoms. The summed E-state index contributed by atoms with van der Waals surface area (Å²) in [7, 11) is 0. The first kappa shape index (κ1) is 12.1. The van der Waals surface area contributed by atoms with Gasteiger partial charge in [-0.15, -0.1) is 0 Å². The molecule has 17 heavy (non-hydrogen) atoms. The maximum Gasteiger partial charge on any atom is 0.252 e. The number of hydrogen-bond acceptors (Lipinski definition) is 4. The molecule has 0 spiro atoms. The van der Waals surface area contributed by atoms with Gasteiger partial charge in [0.25, 0.3) is 5.56 Å². The molecule has 2 rings (SSSR count). The Kier molecular flexibility index (Phi) is 3.19. The van der Waals surface area contributed by atoms with Gasteiger partial charge < -0.3 is 15.2 Å². The number of nitrogens with zero attached hydrogens (tertiary/aromatic N) is 2. The lowest BCUT2D eigenvalue weighted by Crippen LogP contribution is -2.58. The average molecular weight is 236 g/mol. The van der Waals surface area contributed by atoms with Gasteiger partial charge >= 0.3 is 0 Å². The van der Waals surface area contributed by atoms with Crippen molar-refractivity contribution >= 4 is 5.82 Å². The maximum atomic E-state index is 11.6. The number of aromatic amines is 1. The van der Waals surface area contributed by atoms with Crippen LogP contribution in [0.5, 0.6) is 0 Å². The van der Waals surface area contributed by atoms with Gasteiger partial charge in [0.05, 0.1) is 0 Å². The SMILES string of the molecule is CCc1nc(N2CCNCC2(C)C)cc(=O)[nH]1. The van der Waals surface area contributed by atoms with E-state index in [4.69, 9.17) is 0 Å². The van der Waals surface area contributed by atoms with E-state index in [1.807, 2.05) is 6.92 Å². The van der Waals surface area contributed by atoms with E-state index in [2.05, 4.69) is 34.0 Å². The summed E-state index contributed by atoms with van der Waals surface area (Å²) in [6.45, 7) is 9.03. The van der Waals surface area contributed by atoms with Crippen LogP contribution in [0.15, 0.2) is 10.9 Å². The number of aromatic nitrogens is 2. The van der Waals surface area contributed by atoms with Crippen molar-refractivity contribution in [3.8, 4) is 0 Å². The molecule has 1 aromatic heterocycles. The van der Waals surface area contributed by atoms with Crippen LogP contribution in [-0.4, -0.2) is 35.1 Å². The van der Waals surface area contributed by atoms with Crippen LogP contribution in [0.1, 0.15) is 26.6 Å². The van der Waals surface area contributed by atoms with Gasteiger partial charge in [0, 0.05) is 37.7 Å². The second kappa shape index (κ2) is 4.49. The van der Waals surface area contributed by atoms with Crippen LogP contribution >= 0.6 is 0 Å². The minimum Gasteiger partial charge on any atom is -0.349 e. The first-order valence-corrected chi connectivity index (χ1v) is 6.11. The van der Waals surface area contributed by atoms with Gasteiger partial charge in [0.15, 0.2) is 0 Å². The number of hydrogen-bond donors (Lipinski definition) is 2. The fourth-order valence-electron chi connectivity index (χ4n) is 2.21. The summed E-state index contributed by atoms with van der Waals surface area (Å²) in [5, 5.41) is 3.36. The minimum absolute atomic E-state index is 0.00987. The molecule has 0 atom stereocenters. The number of aryl methyl sites for hydroxylation is 1. The Morgan fingerprint density at radius 3 is 2.94 bits per heavy atom. The average Bonchev–Trinajstić information content (AvgIpc) is 2.27. The smallest absolute Gasteiger partial charge is 0.252 e. The second-order valence-electron chi connectivity index (χ2n) is 5.04. The van der Waals surface area contributed by atoms with Crippen molar-refractivity contribution < 1.29 is 0 Å². The number of H-pyrrole nitrogens is 1. The van der Waals surface area contributed by atoms with Gasteiger partial charge in [-0.3, -0.25) is 4.79 Å². The lowest BCUT2D eigenvalue weighted by Gasteiger charge is -2.43. The standard InChI is InChI=1S/C12H20N4O/c1-4-9-14-10(7-11(17)15-9)16-6-5-13-8-12(16,2)3/h7,13H,4-6,8H2,1-3H3,(H,14,15,17). The van der Waals surface area contributed by atoms with Crippen molar-refractivity contribution in [3.63, 3.8) is 0 Å². The predicted octanol–water partition coefficient (Wildman–Crippen LogP) is 0.520. The molecular formula is C12H20N4O. The Morgan fingerprint density at radius 2 is 2.29 bits per heavy atom. The number of anilines is 1. The zero-order valence-electron chi connectivity index (χ0n) is 10.7. The van der Waals surface area contributed by atoms with Crippen molar-refractivity contribution in [3.05, 3.63) is 22.2 Å². The van der Waals surface area contributed by atoms with Crippen LogP contribution in [0.3, 0.4) is 0 Å². The van der Waals surface area contributed by atoms with Crippen LogP contribution in [0.2, 0.25) is 0 Å². The molecule has 0 amide bonds. The summed E-state index contributed by atoms with van der Waals surface area (Å²) >= 11 is 0. The topological polar surface area (TPSA) is 61.0 Å². The van der Waals surface area contributed by atoms with Crippen molar-refractivity contribution in [2.75, 3.05) is 24.5 Å². The largest absolute Gasteiger partial charge is 0.349 e. The van der Waals surface area contributed by atoms with Gasteiger partial charge in [-0.25, -0.2) is 4.98 Å². The molecular weight excluding hydrogens is 216 g/mol. The Balaban J connectivity index is 2.38. The van der Waals surface area contributed by atoms with Gasteiger partial charge in [-0.2, -0.15) is 0 Å². The molecule has 1 aromatic rings. The summed E-state index contributed by atoms with van der Waals surface area (Å²) in [5.41, 5.74) is -0.0782. The number of nitrogens with one attached hydrogen (secondary N) is 2. The zero-order valence-corrected chi connectivity index (χ0v) is 10.7. The summed E-state index contributed by atoms with van der Waals surface area (Å²) in [5.74, 6) is 1.54. The molecule has 0 saturated carbocycles. The highest BCUT2D eigenvalue weighted by Crippen LogP contribution is 2.22. The molecule has 0 unspecified atom stereocenters. The van der Waals surface area contributed by atoms with E-state index in [-0.39, 0.29) is 11.1 Å². The predicted molar refractivity (Wildman–Crippen MR) is 68.5 cm³/mol. The highest BCUT2D eigenvalue weighted by Gasteiger charge is 2.30. The molecule has 2 N–H and O–H groups in total. The van der Waals surface area contributed by atoms with Crippen molar-refractivity contribution in [1.29, 1.82) is 0 Å². The fourth-order valence-corrected chi connectivity index (χ4v) is 2.21. The third kappa shape index (κ3) is 2.49. The summed E-state index contributed by atoms with van der Waals surface area (Å²) in [6, 6.07) is 1.59. The molecule has 5 heteroatoms. The van der Waals surface area contributed by atoms with E-state index in [0.29, 0.717) is 0 Å². The third-order valence-electron chi connectivity index (χ3n) is 3.19. The molecule has 1 fully saturated rings. The molecule has 0 aromatic carbocycles. The lowest BCUT2D eigenvalue weighted by atomic mass is 10.0. The van der Waals surface area contributed by atoms with E-state index in [0.717, 1.165) is 37.7 Å². The molecule has 1 saturated heterocycles. The van der Waals surface area contributed by atoms with E-state index in [1.165, 1.54) is 0 Å². The van der Waals surface area contributed by atoms with Crippen LogP contribution in [0, 0.1) is 0 Å². The summed E-state index contributed by atoms with van der Waals surface area (Å²) in [4.78, 5) is 21.1. The maximum absolute atomic E-state index is 11.6. The highest BCUT2D eigenvalue weighted by atomic mass is 16.1. The molecule has 94 valence electrons. The third-order valence-corrected chi connectivity index (χ3v) is 3.19. The normalized spacial score (nSPS) is 19.4. The second-order valence-corrected chi connectivity index (χ2v) is 5.04. The Morgan fingerprint density at radius 1 is 1.53 bits per heavy atom. The van der Waals surface area contributed by atoms with E-state index < -0.39 is 0 Å². The first-order valence-electron chi connectivity index (χ1n) is 6.11. The molecule has 2 heterocycles. The van der Waals surface area contributed by atoms with Crippen LogP contribution in [-0.2, 0) is 6.42 Å². The number of piperazine rings is 1. The molecule has 0 radical (unpaired) electrons. The fraction of sp³-hybridized carbons (Fsp3) is 0.667. The van der Waals surface area contributed by atoms with Gasteiger partial charge in [-0.05, 0) is 13.8 Å². The van der Waals surface area contributed by atoms with Gasteiger partial charge in [-0.1, -0.05) is 6.92 Å². The monoisotopic (exact) mass is 236 g/mol. The van der Waals surface area contributed by atoms with Gasteiger partial charge in [0.1, 0.15) is 11.6 Å². The summed E-state index contributed by atoms with van der Waals surface area (Å²) in [6.07, 6.45) is 0.746. The van der Waals surface area contributed by atoms with E-state index in [9.17, 15) is 4.79 Å². The molecule has 1 aliphatic rings. The van der Waals surface area contributed by atoms with Crippen LogP contribution in [0.4, 0.5) is 5.82 Å². The van der Waals surface area contributed by atoms with E-state index in [1.54, 1.807) is 6.07 Å². The molecule has 5 nitrogen and oxygen atoms in total. The Labute approximate surface area is 101 Å². The lowest BCUT2D eigenvalue weighted by molar-refractivity contribution is 0.377. The van der Waals surface area contributed by atoms with E-state index >= 15 is 0 Å². The van der Waals surface area contributed by atoms with Crippen LogP contribution in [0.25, 0.3) is 0 Å². The molecule has 1 aliphatic heterocycles. The van der Waals surface area contributed by atoms with Crippen molar-refractivity contribution in [2.24, 2.45) is 0 Å². The number of rotatable bonds is 2.